The van der Waals surface area contributed by atoms with Gasteiger partial charge in [-0.1, -0.05) is 0 Å². The predicted molar refractivity (Wildman–Crippen MR) is 83.8 cm³/mol. The lowest BCUT2D eigenvalue weighted by Crippen LogP contribution is -2.52. The van der Waals surface area contributed by atoms with Crippen molar-refractivity contribution in [3.05, 3.63) is 42.2 Å². The van der Waals surface area contributed by atoms with E-state index in [1.807, 2.05) is 35.2 Å². The highest BCUT2D eigenvalue weighted by molar-refractivity contribution is 5.73. The van der Waals surface area contributed by atoms with E-state index >= 15 is 0 Å². The van der Waals surface area contributed by atoms with Gasteiger partial charge in [0.2, 0.25) is 11.7 Å². The van der Waals surface area contributed by atoms with Crippen molar-refractivity contribution >= 4 is 5.91 Å². The molecule has 3 heterocycles. The van der Waals surface area contributed by atoms with Crippen LogP contribution in [0.5, 0.6) is 5.75 Å². The van der Waals surface area contributed by atoms with Gasteiger partial charge in [0.25, 0.3) is 0 Å². The van der Waals surface area contributed by atoms with Gasteiger partial charge in [0.1, 0.15) is 11.5 Å². The summed E-state index contributed by atoms with van der Waals surface area (Å²) in [5.41, 5.74) is 2.04. The molecule has 0 bridgehead atoms. The van der Waals surface area contributed by atoms with Crippen LogP contribution in [-0.2, 0) is 16.1 Å². The van der Waals surface area contributed by atoms with Crippen molar-refractivity contribution in [3.8, 4) is 17.1 Å². The van der Waals surface area contributed by atoms with E-state index in [2.05, 4.69) is 0 Å². The molecular weight excluding hydrogens is 294 g/mol. The summed E-state index contributed by atoms with van der Waals surface area (Å²) in [5, 5.41) is 0. The highest BCUT2D eigenvalue weighted by atomic mass is 16.7. The minimum absolute atomic E-state index is 0.110. The van der Waals surface area contributed by atoms with E-state index in [1.54, 1.807) is 13.2 Å². The Morgan fingerprint density at radius 3 is 2.74 bits per heavy atom. The van der Waals surface area contributed by atoms with Gasteiger partial charge in [-0.05, 0) is 30.3 Å². The fourth-order valence-corrected chi connectivity index (χ4v) is 3.24. The molecule has 0 N–H and O–H groups in total. The first kappa shape index (κ1) is 14.3. The Kier molecular flexibility index (Phi) is 3.38. The van der Waals surface area contributed by atoms with Gasteiger partial charge >= 0.3 is 0 Å². The molecule has 1 fully saturated rings. The Morgan fingerprint density at radius 2 is 2.04 bits per heavy atom. The molecule has 23 heavy (non-hydrogen) atoms. The number of amides is 1. The predicted octanol–water partition coefficient (Wildman–Crippen LogP) is 3.19. The molecule has 5 nitrogen and oxygen atoms in total. The second-order valence-electron chi connectivity index (χ2n) is 6.11. The molecule has 1 saturated heterocycles. The smallest absolute Gasteiger partial charge is 0.219 e. The average Bonchev–Trinajstić information content (AvgIpc) is 3.09. The van der Waals surface area contributed by atoms with Crippen LogP contribution >= 0.6 is 0 Å². The molecule has 0 aliphatic carbocycles. The molecule has 2 aliphatic rings. The number of furan rings is 1. The normalized spacial score (nSPS) is 19.3. The van der Waals surface area contributed by atoms with Crippen LogP contribution < -0.4 is 4.74 Å². The number of nitrogens with zero attached hydrogens (tertiary/aromatic N) is 1. The van der Waals surface area contributed by atoms with Gasteiger partial charge < -0.3 is 18.8 Å². The number of likely N-dealkylation sites (tertiary alicyclic amines) is 1. The Bertz CT molecular complexity index is 715. The number of benzene rings is 1. The summed E-state index contributed by atoms with van der Waals surface area (Å²) >= 11 is 0. The van der Waals surface area contributed by atoms with Crippen molar-refractivity contribution in [2.45, 2.75) is 32.2 Å². The quantitative estimate of drug-likeness (QED) is 0.811. The minimum Gasteiger partial charge on any atom is -0.464 e. The number of carbonyl (C=O) groups excluding carboxylic acids is 1. The number of carbonyl (C=O) groups is 1. The van der Waals surface area contributed by atoms with Crippen molar-refractivity contribution in [1.82, 2.24) is 4.90 Å². The highest BCUT2D eigenvalue weighted by Crippen LogP contribution is 2.39. The lowest BCUT2D eigenvalue weighted by molar-refractivity contribution is -0.227. The topological polar surface area (TPSA) is 51.9 Å². The lowest BCUT2D eigenvalue weighted by Gasteiger charge is -2.43. The van der Waals surface area contributed by atoms with Gasteiger partial charge in [0, 0.05) is 44.0 Å². The zero-order valence-corrected chi connectivity index (χ0v) is 13.1. The number of fused-ring (bicyclic) bond motifs is 1. The van der Waals surface area contributed by atoms with Crippen molar-refractivity contribution in [1.29, 1.82) is 0 Å². The molecule has 0 radical (unpaired) electrons. The summed E-state index contributed by atoms with van der Waals surface area (Å²) in [6, 6.07) is 9.84. The zero-order valence-electron chi connectivity index (χ0n) is 13.1. The van der Waals surface area contributed by atoms with Crippen LogP contribution in [0.2, 0.25) is 0 Å². The third-order valence-electron chi connectivity index (χ3n) is 4.62. The third-order valence-corrected chi connectivity index (χ3v) is 4.62. The minimum atomic E-state index is -0.592. The molecule has 5 heteroatoms. The molecular formula is C18H19NO4. The Balaban J connectivity index is 1.53. The first-order valence-electron chi connectivity index (χ1n) is 7.91. The van der Waals surface area contributed by atoms with Crippen LogP contribution in [0.25, 0.3) is 11.3 Å². The average molecular weight is 313 g/mol. The first-order chi connectivity index (χ1) is 11.2. The third kappa shape index (κ3) is 2.61. The SMILES string of the molecule is CC(=O)N1CCC2(CC1)OCc1cc(-c3ccco3)ccc1O2. The molecule has 0 saturated carbocycles. The number of hydrogen-bond donors (Lipinski definition) is 0. The van der Waals surface area contributed by atoms with E-state index in [1.165, 1.54) is 0 Å². The van der Waals surface area contributed by atoms with E-state index < -0.39 is 5.79 Å². The van der Waals surface area contributed by atoms with Crippen LogP contribution in [0.4, 0.5) is 0 Å². The summed E-state index contributed by atoms with van der Waals surface area (Å²) in [6.07, 6.45) is 3.07. The van der Waals surface area contributed by atoms with E-state index in [0.29, 0.717) is 32.5 Å². The second kappa shape index (κ2) is 5.42. The summed E-state index contributed by atoms with van der Waals surface area (Å²) < 4.78 is 17.6. The number of ether oxygens (including phenoxy) is 2. The van der Waals surface area contributed by atoms with Gasteiger partial charge in [0.05, 0.1) is 12.9 Å². The van der Waals surface area contributed by atoms with Crippen LogP contribution in [0.1, 0.15) is 25.3 Å². The standard InChI is InChI=1S/C18H19NO4/c1-13(20)19-8-6-18(7-9-19)22-12-15-11-14(4-5-17(15)23-18)16-3-2-10-21-16/h2-5,10-11H,6-9,12H2,1H3. The summed E-state index contributed by atoms with van der Waals surface area (Å²) in [5.74, 6) is 1.22. The van der Waals surface area contributed by atoms with Gasteiger partial charge in [-0.15, -0.1) is 0 Å². The molecule has 1 spiro atoms. The molecule has 1 amide bonds. The van der Waals surface area contributed by atoms with Gasteiger partial charge in [-0.25, -0.2) is 0 Å². The van der Waals surface area contributed by atoms with Gasteiger partial charge in [-0.2, -0.15) is 0 Å². The maximum Gasteiger partial charge on any atom is 0.219 e. The van der Waals surface area contributed by atoms with E-state index in [4.69, 9.17) is 13.9 Å². The molecule has 1 aromatic heterocycles. The molecule has 4 rings (SSSR count). The summed E-state index contributed by atoms with van der Waals surface area (Å²) in [4.78, 5) is 13.3. The van der Waals surface area contributed by atoms with Crippen molar-refractivity contribution in [2.24, 2.45) is 0 Å². The van der Waals surface area contributed by atoms with Crippen molar-refractivity contribution < 1.29 is 18.7 Å². The number of rotatable bonds is 1. The molecule has 2 aromatic rings. The summed E-state index contributed by atoms with van der Waals surface area (Å²) in [7, 11) is 0. The van der Waals surface area contributed by atoms with E-state index in [9.17, 15) is 4.79 Å². The Labute approximate surface area is 134 Å². The van der Waals surface area contributed by atoms with Crippen LogP contribution in [0.3, 0.4) is 0 Å². The van der Waals surface area contributed by atoms with Crippen molar-refractivity contribution in [2.75, 3.05) is 13.1 Å². The lowest BCUT2D eigenvalue weighted by atomic mass is 10.0. The molecule has 120 valence electrons. The van der Waals surface area contributed by atoms with E-state index in [0.717, 1.165) is 22.6 Å². The molecule has 1 aromatic carbocycles. The van der Waals surface area contributed by atoms with Crippen LogP contribution in [0.15, 0.2) is 41.0 Å². The summed E-state index contributed by atoms with van der Waals surface area (Å²) in [6.45, 7) is 3.47. The molecule has 0 unspecified atom stereocenters. The molecule has 2 aliphatic heterocycles. The Hall–Kier alpha value is -2.27. The maximum absolute atomic E-state index is 11.5. The largest absolute Gasteiger partial charge is 0.464 e. The number of piperidine rings is 1. The zero-order chi connectivity index (χ0) is 15.9. The molecule has 0 atom stereocenters. The Morgan fingerprint density at radius 1 is 1.22 bits per heavy atom. The van der Waals surface area contributed by atoms with Gasteiger partial charge in [0.15, 0.2) is 0 Å². The van der Waals surface area contributed by atoms with Crippen LogP contribution in [0, 0.1) is 0 Å². The second-order valence-corrected chi connectivity index (χ2v) is 6.11. The number of hydrogen-bond acceptors (Lipinski definition) is 4. The van der Waals surface area contributed by atoms with E-state index in [-0.39, 0.29) is 5.91 Å². The maximum atomic E-state index is 11.5. The fourth-order valence-electron chi connectivity index (χ4n) is 3.24. The van der Waals surface area contributed by atoms with Crippen LogP contribution in [-0.4, -0.2) is 29.7 Å². The van der Waals surface area contributed by atoms with Gasteiger partial charge in [-0.3, -0.25) is 4.79 Å². The van der Waals surface area contributed by atoms with Crippen molar-refractivity contribution in [3.63, 3.8) is 0 Å². The first-order valence-corrected chi connectivity index (χ1v) is 7.91. The monoisotopic (exact) mass is 313 g/mol. The highest BCUT2D eigenvalue weighted by Gasteiger charge is 2.41. The fraction of sp³-hybridized carbons (Fsp3) is 0.389.